The number of rotatable bonds is 1. The van der Waals surface area contributed by atoms with Crippen LogP contribution in [0, 0.1) is 0 Å². The maximum absolute atomic E-state index is 12.1. The van der Waals surface area contributed by atoms with Crippen molar-refractivity contribution >= 4 is 9.84 Å². The van der Waals surface area contributed by atoms with Crippen LogP contribution in [0.25, 0.3) is 0 Å². The minimum Gasteiger partial charge on any atom is -0.508 e. The zero-order valence-electron chi connectivity index (χ0n) is 9.14. The number of phenolic OH excluding ortho intramolecular Hbond substituents is 1. The summed E-state index contributed by atoms with van der Waals surface area (Å²) in [6.45, 7) is 2.97. The molecule has 1 aromatic carbocycles. The molecule has 1 aliphatic rings. The summed E-state index contributed by atoms with van der Waals surface area (Å²) < 4.78 is 24.2. The van der Waals surface area contributed by atoms with Crippen LogP contribution in [0.2, 0.25) is 0 Å². The van der Waals surface area contributed by atoms with Crippen molar-refractivity contribution in [2.75, 3.05) is 0 Å². The lowest BCUT2D eigenvalue weighted by Crippen LogP contribution is -2.40. The zero-order valence-corrected chi connectivity index (χ0v) is 9.95. The van der Waals surface area contributed by atoms with E-state index >= 15 is 0 Å². The van der Waals surface area contributed by atoms with Crippen LogP contribution in [-0.4, -0.2) is 29.5 Å². The van der Waals surface area contributed by atoms with Gasteiger partial charge in [0.05, 0.1) is 15.7 Å². The highest BCUT2D eigenvalue weighted by molar-refractivity contribution is 7.92. The average Bonchev–Trinajstić information content (AvgIpc) is 2.36. The summed E-state index contributed by atoms with van der Waals surface area (Å²) in [6.07, 6.45) is 0.246. The Morgan fingerprint density at radius 3 is 2.56 bits per heavy atom. The lowest BCUT2D eigenvalue weighted by Gasteiger charge is -2.24. The van der Waals surface area contributed by atoms with Gasteiger partial charge in [0.25, 0.3) is 0 Å². The fraction of sp³-hybridized carbons (Fsp3) is 0.455. The predicted octanol–water partition coefficient (Wildman–Crippen LogP) is 0.861. The lowest BCUT2D eigenvalue weighted by atomic mass is 9.98. The molecule has 1 atom stereocenters. The topological polar surface area (TPSA) is 74.6 Å². The number of fused-ring (bicyclic) bond motifs is 1. The highest BCUT2D eigenvalue weighted by Crippen LogP contribution is 2.37. The first-order valence-corrected chi connectivity index (χ1v) is 6.56. The number of hydrogen-bond donors (Lipinski definition) is 2. The van der Waals surface area contributed by atoms with Crippen LogP contribution in [-0.2, 0) is 16.3 Å². The molecule has 0 spiro atoms. The predicted molar refractivity (Wildman–Crippen MR) is 59.1 cm³/mol. The van der Waals surface area contributed by atoms with Gasteiger partial charge >= 0.3 is 0 Å². The van der Waals surface area contributed by atoms with Crippen molar-refractivity contribution in [2.24, 2.45) is 0 Å². The molecular formula is C11H14O4S. The normalized spacial score (nSPS) is 23.1. The molecule has 0 aliphatic carbocycles. The van der Waals surface area contributed by atoms with E-state index in [4.69, 9.17) is 0 Å². The quantitative estimate of drug-likeness (QED) is 0.766. The van der Waals surface area contributed by atoms with E-state index in [9.17, 15) is 18.6 Å². The van der Waals surface area contributed by atoms with Crippen LogP contribution in [0.3, 0.4) is 0 Å². The lowest BCUT2D eigenvalue weighted by molar-refractivity contribution is 0.0760. The summed E-state index contributed by atoms with van der Waals surface area (Å²) >= 11 is 0. The molecule has 0 fully saturated rings. The smallest absolute Gasteiger partial charge is 0.184 e. The maximum atomic E-state index is 12.1. The molecule has 1 unspecified atom stereocenters. The van der Waals surface area contributed by atoms with Crippen LogP contribution in [0.4, 0.5) is 0 Å². The van der Waals surface area contributed by atoms with E-state index in [-0.39, 0.29) is 17.1 Å². The standard InChI is InChI=1S/C11H14O4S/c1-11(2,13)10-6-7-5-8(12)3-4-9(7)16(10,14)15/h3-5,10,12-13H,6H2,1-2H3. The summed E-state index contributed by atoms with van der Waals surface area (Å²) in [6, 6.07) is 4.19. The van der Waals surface area contributed by atoms with Crippen molar-refractivity contribution in [1.82, 2.24) is 0 Å². The van der Waals surface area contributed by atoms with E-state index in [0.717, 1.165) is 0 Å². The molecule has 16 heavy (non-hydrogen) atoms. The van der Waals surface area contributed by atoms with Crippen LogP contribution >= 0.6 is 0 Å². The molecule has 1 aromatic rings. The van der Waals surface area contributed by atoms with E-state index < -0.39 is 20.7 Å². The zero-order chi connectivity index (χ0) is 12.1. The molecule has 2 rings (SSSR count). The van der Waals surface area contributed by atoms with Gasteiger partial charge in [0.15, 0.2) is 9.84 Å². The monoisotopic (exact) mass is 242 g/mol. The molecule has 1 heterocycles. The van der Waals surface area contributed by atoms with Crippen LogP contribution < -0.4 is 0 Å². The second-order valence-corrected chi connectivity index (χ2v) is 6.78. The fourth-order valence-electron chi connectivity index (χ4n) is 2.10. The van der Waals surface area contributed by atoms with Gasteiger partial charge in [-0.15, -0.1) is 0 Å². The highest BCUT2D eigenvalue weighted by Gasteiger charge is 2.45. The number of aliphatic hydroxyl groups is 1. The molecule has 0 bridgehead atoms. The largest absolute Gasteiger partial charge is 0.508 e. The molecule has 0 saturated carbocycles. The van der Waals surface area contributed by atoms with Gasteiger partial charge in [0, 0.05) is 0 Å². The number of hydrogen-bond acceptors (Lipinski definition) is 4. The molecule has 0 aromatic heterocycles. The number of benzene rings is 1. The van der Waals surface area contributed by atoms with Gasteiger partial charge in [-0.3, -0.25) is 0 Å². The van der Waals surface area contributed by atoms with Crippen molar-refractivity contribution in [3.8, 4) is 5.75 Å². The Morgan fingerprint density at radius 1 is 1.38 bits per heavy atom. The number of aromatic hydroxyl groups is 1. The molecule has 0 saturated heterocycles. The second kappa shape index (κ2) is 3.21. The Morgan fingerprint density at radius 2 is 2.00 bits per heavy atom. The fourth-order valence-corrected chi connectivity index (χ4v) is 4.33. The van der Waals surface area contributed by atoms with Crippen LogP contribution in [0.15, 0.2) is 23.1 Å². The summed E-state index contributed by atoms with van der Waals surface area (Å²) in [5.41, 5.74) is -0.708. The van der Waals surface area contributed by atoms with Gasteiger partial charge in [0.1, 0.15) is 5.75 Å². The first kappa shape index (κ1) is 11.4. The third-order valence-electron chi connectivity index (χ3n) is 2.92. The van der Waals surface area contributed by atoms with Crippen molar-refractivity contribution in [3.63, 3.8) is 0 Å². The van der Waals surface area contributed by atoms with Crippen molar-refractivity contribution in [3.05, 3.63) is 23.8 Å². The van der Waals surface area contributed by atoms with E-state index in [1.165, 1.54) is 32.0 Å². The Kier molecular flexibility index (Phi) is 2.29. The van der Waals surface area contributed by atoms with E-state index in [1.807, 2.05) is 0 Å². The van der Waals surface area contributed by atoms with Gasteiger partial charge in [-0.25, -0.2) is 8.42 Å². The van der Waals surface area contributed by atoms with Crippen LogP contribution in [0.1, 0.15) is 19.4 Å². The minimum absolute atomic E-state index is 0.0466. The number of phenols is 1. The van der Waals surface area contributed by atoms with E-state index in [1.54, 1.807) is 0 Å². The molecular weight excluding hydrogens is 228 g/mol. The third-order valence-corrected chi connectivity index (χ3v) is 5.42. The van der Waals surface area contributed by atoms with E-state index in [2.05, 4.69) is 0 Å². The summed E-state index contributed by atoms with van der Waals surface area (Å²) in [5.74, 6) is 0.0466. The summed E-state index contributed by atoms with van der Waals surface area (Å²) in [5, 5.41) is 18.3. The second-order valence-electron chi connectivity index (χ2n) is 4.68. The molecule has 5 heteroatoms. The summed E-state index contributed by atoms with van der Waals surface area (Å²) in [4.78, 5) is 0.220. The first-order valence-electron chi connectivity index (χ1n) is 5.01. The molecule has 4 nitrogen and oxygen atoms in total. The third kappa shape index (κ3) is 1.60. The van der Waals surface area contributed by atoms with Gasteiger partial charge < -0.3 is 10.2 Å². The molecule has 88 valence electrons. The Bertz CT molecular complexity index is 525. The maximum Gasteiger partial charge on any atom is 0.184 e. The van der Waals surface area contributed by atoms with Gasteiger partial charge in [-0.2, -0.15) is 0 Å². The van der Waals surface area contributed by atoms with E-state index in [0.29, 0.717) is 5.56 Å². The molecule has 2 N–H and O–H groups in total. The SMILES string of the molecule is CC(C)(O)C1Cc2cc(O)ccc2S1(=O)=O. The van der Waals surface area contributed by atoms with Crippen molar-refractivity contribution in [2.45, 2.75) is 36.0 Å². The molecule has 1 aliphatic heterocycles. The minimum atomic E-state index is -3.48. The van der Waals surface area contributed by atoms with Gasteiger partial charge in [-0.05, 0) is 44.0 Å². The first-order chi connectivity index (χ1) is 7.23. The van der Waals surface area contributed by atoms with Crippen LogP contribution in [0.5, 0.6) is 5.75 Å². The Hall–Kier alpha value is -1.07. The highest BCUT2D eigenvalue weighted by atomic mass is 32.2. The summed E-state index contributed by atoms with van der Waals surface area (Å²) in [7, 11) is -3.48. The molecule has 0 amide bonds. The number of sulfone groups is 1. The average molecular weight is 242 g/mol. The van der Waals surface area contributed by atoms with Crippen molar-refractivity contribution < 1.29 is 18.6 Å². The van der Waals surface area contributed by atoms with Gasteiger partial charge in [-0.1, -0.05) is 0 Å². The van der Waals surface area contributed by atoms with Gasteiger partial charge in [0.2, 0.25) is 0 Å². The Balaban J connectivity index is 2.59. The Labute approximate surface area is 94.5 Å². The molecule has 0 radical (unpaired) electrons. The van der Waals surface area contributed by atoms with Crippen molar-refractivity contribution in [1.29, 1.82) is 0 Å².